The summed E-state index contributed by atoms with van der Waals surface area (Å²) < 4.78 is 12.4. The zero-order valence-corrected chi connectivity index (χ0v) is 5.31. The molecule has 50 valence electrons. The summed E-state index contributed by atoms with van der Waals surface area (Å²) in [4.78, 5) is 1.95. The molecule has 0 aromatic rings. The minimum Gasteiger partial charge on any atom is -0.289 e. The highest BCUT2D eigenvalue weighted by Crippen LogP contribution is 2.10. The Morgan fingerprint density at radius 1 is 1.78 bits per heavy atom. The summed E-state index contributed by atoms with van der Waals surface area (Å²) in [6.07, 6.45) is 5.05. The first-order valence-corrected chi connectivity index (χ1v) is 3.13. The second-order valence-electron chi connectivity index (χ2n) is 2.33. The molecule has 1 aliphatic heterocycles. The molecule has 1 heterocycles. The molecule has 1 aliphatic rings. The number of halogens is 1. The van der Waals surface area contributed by atoms with Crippen molar-refractivity contribution in [2.45, 2.75) is 12.6 Å². The summed E-state index contributed by atoms with van der Waals surface area (Å²) in [6.45, 7) is 1.95. The Balaban J connectivity index is 2.24. The highest BCUT2D eigenvalue weighted by atomic mass is 19.1. The van der Waals surface area contributed by atoms with Gasteiger partial charge in [-0.25, -0.2) is 4.39 Å². The van der Waals surface area contributed by atoms with E-state index in [0.717, 1.165) is 6.54 Å². The van der Waals surface area contributed by atoms with Crippen LogP contribution in [0.5, 0.6) is 0 Å². The number of hydrogen-bond acceptors (Lipinski definition) is 1. The van der Waals surface area contributed by atoms with Crippen LogP contribution in [0.2, 0.25) is 0 Å². The maximum atomic E-state index is 12.4. The van der Waals surface area contributed by atoms with Gasteiger partial charge >= 0.3 is 0 Å². The molecule has 0 radical (unpaired) electrons. The van der Waals surface area contributed by atoms with E-state index in [2.05, 4.69) is 5.92 Å². The second-order valence-corrected chi connectivity index (χ2v) is 2.33. The standard InChI is InChI=1S/C7H10FN/c1-2-4-9-5-3-7(8)6-9/h1,7H,3-6H2/t7-/m0/s1. The third-order valence-electron chi connectivity index (χ3n) is 1.53. The van der Waals surface area contributed by atoms with E-state index in [1.54, 1.807) is 0 Å². The third-order valence-corrected chi connectivity index (χ3v) is 1.53. The number of hydrogen-bond donors (Lipinski definition) is 0. The topological polar surface area (TPSA) is 3.24 Å². The van der Waals surface area contributed by atoms with Crippen LogP contribution in [0.3, 0.4) is 0 Å². The molecule has 0 bridgehead atoms. The van der Waals surface area contributed by atoms with Gasteiger partial charge in [-0.15, -0.1) is 6.42 Å². The molecule has 1 rings (SSSR count). The molecule has 0 amide bonds. The van der Waals surface area contributed by atoms with Gasteiger partial charge in [0.2, 0.25) is 0 Å². The summed E-state index contributed by atoms with van der Waals surface area (Å²) in [5.74, 6) is 2.49. The SMILES string of the molecule is C#CCN1CC[C@H](F)C1. The largest absolute Gasteiger partial charge is 0.289 e. The first-order valence-electron chi connectivity index (χ1n) is 3.13. The molecule has 9 heavy (non-hydrogen) atoms. The van der Waals surface area contributed by atoms with Crippen molar-refractivity contribution in [3.63, 3.8) is 0 Å². The summed E-state index contributed by atoms with van der Waals surface area (Å²) in [5, 5.41) is 0. The maximum absolute atomic E-state index is 12.4. The lowest BCUT2D eigenvalue weighted by atomic mass is 10.3. The van der Waals surface area contributed by atoms with Crippen molar-refractivity contribution < 1.29 is 4.39 Å². The summed E-state index contributed by atoms with van der Waals surface area (Å²) in [7, 11) is 0. The van der Waals surface area contributed by atoms with Gasteiger partial charge in [-0.1, -0.05) is 5.92 Å². The van der Waals surface area contributed by atoms with E-state index in [-0.39, 0.29) is 0 Å². The molecule has 1 fully saturated rings. The van der Waals surface area contributed by atoms with Crippen LogP contribution in [0, 0.1) is 12.3 Å². The molecule has 1 atom stereocenters. The monoisotopic (exact) mass is 127 g/mol. The van der Waals surface area contributed by atoms with Gasteiger partial charge in [-0.2, -0.15) is 0 Å². The van der Waals surface area contributed by atoms with Gasteiger partial charge in [0.1, 0.15) is 6.17 Å². The molecule has 0 saturated carbocycles. The van der Waals surface area contributed by atoms with Gasteiger partial charge in [0.25, 0.3) is 0 Å². The van der Waals surface area contributed by atoms with Gasteiger partial charge in [0.15, 0.2) is 0 Å². The van der Waals surface area contributed by atoms with Crippen molar-refractivity contribution in [2.75, 3.05) is 19.6 Å². The lowest BCUT2D eigenvalue weighted by Gasteiger charge is -2.08. The van der Waals surface area contributed by atoms with Gasteiger partial charge in [-0.05, 0) is 6.42 Å². The van der Waals surface area contributed by atoms with E-state index in [0.29, 0.717) is 19.5 Å². The highest BCUT2D eigenvalue weighted by molar-refractivity contribution is 4.90. The summed E-state index contributed by atoms with van der Waals surface area (Å²) >= 11 is 0. The van der Waals surface area contributed by atoms with Crippen molar-refractivity contribution in [2.24, 2.45) is 0 Å². The molecule has 1 saturated heterocycles. The summed E-state index contributed by atoms with van der Waals surface area (Å²) in [6, 6.07) is 0. The predicted octanol–water partition coefficient (Wildman–Crippen LogP) is 0.663. The van der Waals surface area contributed by atoms with Gasteiger partial charge in [0, 0.05) is 13.1 Å². The number of rotatable bonds is 1. The zero-order valence-electron chi connectivity index (χ0n) is 5.31. The quantitative estimate of drug-likeness (QED) is 0.468. The minimum absolute atomic E-state index is 0.532. The van der Waals surface area contributed by atoms with Crippen LogP contribution in [0.25, 0.3) is 0 Å². The first kappa shape index (κ1) is 6.57. The van der Waals surface area contributed by atoms with Crippen molar-refractivity contribution in [3.05, 3.63) is 0 Å². The van der Waals surface area contributed by atoms with Crippen molar-refractivity contribution in [3.8, 4) is 12.3 Å². The Labute approximate surface area is 54.8 Å². The van der Waals surface area contributed by atoms with Crippen molar-refractivity contribution in [1.82, 2.24) is 4.90 Å². The van der Waals surface area contributed by atoms with Crippen LogP contribution in [0.15, 0.2) is 0 Å². The van der Waals surface area contributed by atoms with E-state index < -0.39 is 6.17 Å². The Morgan fingerprint density at radius 2 is 2.56 bits per heavy atom. The molecular formula is C7H10FN. The first-order chi connectivity index (χ1) is 4.33. The van der Waals surface area contributed by atoms with Crippen LogP contribution < -0.4 is 0 Å². The number of likely N-dealkylation sites (tertiary alicyclic amines) is 1. The molecule has 0 aromatic heterocycles. The van der Waals surface area contributed by atoms with Gasteiger partial charge in [-0.3, -0.25) is 4.90 Å². The molecule has 0 unspecified atom stereocenters. The lowest BCUT2D eigenvalue weighted by Crippen LogP contribution is -2.20. The Hall–Kier alpha value is -0.550. The number of terminal acetylenes is 1. The molecule has 0 aromatic carbocycles. The highest BCUT2D eigenvalue weighted by Gasteiger charge is 2.19. The zero-order chi connectivity index (χ0) is 6.69. The fourth-order valence-corrected chi connectivity index (χ4v) is 1.06. The summed E-state index contributed by atoms with van der Waals surface area (Å²) in [5.41, 5.74) is 0. The van der Waals surface area contributed by atoms with Crippen LogP contribution in [0.4, 0.5) is 4.39 Å². The van der Waals surface area contributed by atoms with Crippen molar-refractivity contribution in [1.29, 1.82) is 0 Å². The second kappa shape index (κ2) is 2.84. The van der Waals surface area contributed by atoms with E-state index in [9.17, 15) is 4.39 Å². The van der Waals surface area contributed by atoms with E-state index >= 15 is 0 Å². The normalized spacial score (nSPS) is 28.2. The van der Waals surface area contributed by atoms with Crippen LogP contribution in [-0.4, -0.2) is 30.7 Å². The number of nitrogens with zero attached hydrogens (tertiary/aromatic N) is 1. The maximum Gasteiger partial charge on any atom is 0.114 e. The smallest absolute Gasteiger partial charge is 0.114 e. The molecule has 0 aliphatic carbocycles. The van der Waals surface area contributed by atoms with E-state index in [4.69, 9.17) is 6.42 Å². The van der Waals surface area contributed by atoms with Crippen LogP contribution >= 0.6 is 0 Å². The fraction of sp³-hybridized carbons (Fsp3) is 0.714. The van der Waals surface area contributed by atoms with Crippen LogP contribution in [0.1, 0.15) is 6.42 Å². The molecule has 1 nitrogen and oxygen atoms in total. The Kier molecular flexibility index (Phi) is 2.07. The van der Waals surface area contributed by atoms with E-state index in [1.807, 2.05) is 4.90 Å². The number of alkyl halides is 1. The van der Waals surface area contributed by atoms with Gasteiger partial charge < -0.3 is 0 Å². The molecule has 0 spiro atoms. The van der Waals surface area contributed by atoms with E-state index in [1.165, 1.54) is 0 Å². The van der Waals surface area contributed by atoms with Gasteiger partial charge in [0.05, 0.1) is 6.54 Å². The Morgan fingerprint density at radius 3 is 3.00 bits per heavy atom. The Bertz CT molecular complexity index is 127. The predicted molar refractivity (Wildman–Crippen MR) is 34.8 cm³/mol. The minimum atomic E-state index is -0.640. The van der Waals surface area contributed by atoms with Crippen molar-refractivity contribution >= 4 is 0 Å². The molecule has 2 heteroatoms. The average molecular weight is 127 g/mol. The molecule has 0 N–H and O–H groups in total. The third kappa shape index (κ3) is 1.69. The lowest BCUT2D eigenvalue weighted by molar-refractivity contribution is 0.308. The fourth-order valence-electron chi connectivity index (χ4n) is 1.06. The molecular weight excluding hydrogens is 117 g/mol. The van der Waals surface area contributed by atoms with Crippen LogP contribution in [-0.2, 0) is 0 Å². The average Bonchev–Trinajstić information content (AvgIpc) is 2.17.